The normalized spacial score (nSPS) is 19.8. The molecular weight excluding hydrogens is 379 g/mol. The van der Waals surface area contributed by atoms with Crippen LogP contribution in [-0.2, 0) is 9.59 Å². The maximum absolute atomic E-state index is 12.4. The minimum absolute atomic E-state index is 0.0177. The molecule has 5 nitrogen and oxygen atoms in total. The molecule has 2 rings (SSSR count). The molecule has 0 saturated heterocycles. The number of carbonyl (C=O) groups excluding carboxylic acids is 2. The Kier molecular flexibility index (Phi) is 7.54. The number of carbonyl (C=O) groups is 2. The molecule has 2 amide bonds. The van der Waals surface area contributed by atoms with Crippen molar-refractivity contribution >= 4 is 29.3 Å². The van der Waals surface area contributed by atoms with E-state index in [9.17, 15) is 22.8 Å². The highest BCUT2D eigenvalue weighted by atomic mass is 32.2. The third-order valence-electron chi connectivity index (χ3n) is 4.40. The average Bonchev–Trinajstić information content (AvgIpc) is 2.64. The average molecular weight is 399 g/mol. The number of amides is 2. The van der Waals surface area contributed by atoms with Gasteiger partial charge in [0.05, 0.1) is 6.07 Å². The first-order chi connectivity index (χ1) is 12.8. The Morgan fingerprint density at radius 2 is 2.00 bits per heavy atom. The summed E-state index contributed by atoms with van der Waals surface area (Å²) in [4.78, 5) is 24.0. The van der Waals surface area contributed by atoms with Crippen LogP contribution in [0.4, 0.5) is 18.9 Å². The van der Waals surface area contributed by atoms with Gasteiger partial charge in [0.25, 0.3) is 0 Å². The zero-order chi connectivity index (χ0) is 19.9. The zero-order valence-corrected chi connectivity index (χ0v) is 15.3. The van der Waals surface area contributed by atoms with Gasteiger partial charge in [-0.15, -0.1) is 11.8 Å². The number of nitrogens with zero attached hydrogens (tertiary/aromatic N) is 1. The molecular formula is C18H20F3N3O2S. The van der Waals surface area contributed by atoms with Gasteiger partial charge in [-0.25, -0.2) is 0 Å². The van der Waals surface area contributed by atoms with E-state index < -0.39 is 12.1 Å². The van der Waals surface area contributed by atoms with Crippen molar-refractivity contribution in [2.24, 2.45) is 11.8 Å². The lowest BCUT2D eigenvalue weighted by atomic mass is 9.80. The summed E-state index contributed by atoms with van der Waals surface area (Å²) in [5.74, 6) is -1.51. The SMILES string of the molecule is N#CCNC(=O)[C@@H]1CCCC[C@H]1CSc1cccc(NC(=O)C(F)(F)F)c1. The molecule has 2 N–H and O–H groups in total. The number of hydrogen-bond acceptors (Lipinski definition) is 4. The van der Waals surface area contributed by atoms with Crippen LogP contribution in [0.1, 0.15) is 25.7 Å². The van der Waals surface area contributed by atoms with E-state index in [1.54, 1.807) is 12.1 Å². The lowest BCUT2D eigenvalue weighted by molar-refractivity contribution is -0.167. The molecule has 0 spiro atoms. The lowest BCUT2D eigenvalue weighted by Crippen LogP contribution is -2.37. The molecule has 1 fully saturated rings. The highest BCUT2D eigenvalue weighted by molar-refractivity contribution is 7.99. The van der Waals surface area contributed by atoms with Gasteiger partial charge in [-0.05, 0) is 37.0 Å². The van der Waals surface area contributed by atoms with E-state index in [0.29, 0.717) is 5.75 Å². The van der Waals surface area contributed by atoms with Gasteiger partial charge in [-0.1, -0.05) is 18.9 Å². The molecule has 146 valence electrons. The molecule has 1 aromatic carbocycles. The third kappa shape index (κ3) is 6.47. The van der Waals surface area contributed by atoms with Crippen LogP contribution in [-0.4, -0.2) is 30.3 Å². The molecule has 9 heteroatoms. The number of alkyl halides is 3. The van der Waals surface area contributed by atoms with E-state index in [-0.39, 0.29) is 30.0 Å². The fraction of sp³-hybridized carbons (Fsp3) is 0.500. The molecule has 0 bridgehead atoms. The van der Waals surface area contributed by atoms with E-state index in [4.69, 9.17) is 5.26 Å². The summed E-state index contributed by atoms with van der Waals surface area (Å²) in [5.41, 5.74) is 0.0780. The van der Waals surface area contributed by atoms with Crippen molar-refractivity contribution in [2.75, 3.05) is 17.6 Å². The molecule has 0 aromatic heterocycles. The first-order valence-corrected chi connectivity index (χ1v) is 9.55. The molecule has 0 aliphatic heterocycles. The minimum atomic E-state index is -4.94. The van der Waals surface area contributed by atoms with Gasteiger partial charge in [0, 0.05) is 22.3 Å². The monoisotopic (exact) mass is 399 g/mol. The van der Waals surface area contributed by atoms with Crippen molar-refractivity contribution in [2.45, 2.75) is 36.8 Å². The Morgan fingerprint density at radius 3 is 2.70 bits per heavy atom. The number of halogens is 3. The van der Waals surface area contributed by atoms with Crippen LogP contribution in [0, 0.1) is 23.2 Å². The van der Waals surface area contributed by atoms with Gasteiger partial charge in [0.15, 0.2) is 0 Å². The summed E-state index contributed by atoms with van der Waals surface area (Å²) in [6.07, 6.45) is -1.29. The molecule has 0 heterocycles. The van der Waals surface area contributed by atoms with Gasteiger partial charge in [0.2, 0.25) is 5.91 Å². The van der Waals surface area contributed by atoms with E-state index in [0.717, 1.165) is 30.6 Å². The quantitative estimate of drug-likeness (QED) is 0.564. The van der Waals surface area contributed by atoms with Crippen LogP contribution in [0.2, 0.25) is 0 Å². The largest absolute Gasteiger partial charge is 0.471 e. The molecule has 1 aliphatic rings. The van der Waals surface area contributed by atoms with Gasteiger partial charge in [-0.2, -0.15) is 18.4 Å². The molecule has 1 aliphatic carbocycles. The van der Waals surface area contributed by atoms with Gasteiger partial charge in [0.1, 0.15) is 6.54 Å². The van der Waals surface area contributed by atoms with Crippen LogP contribution in [0.5, 0.6) is 0 Å². The number of thioether (sulfide) groups is 1. The Bertz CT molecular complexity index is 719. The highest BCUT2D eigenvalue weighted by Crippen LogP contribution is 2.35. The number of benzene rings is 1. The first-order valence-electron chi connectivity index (χ1n) is 8.57. The van der Waals surface area contributed by atoms with Gasteiger partial charge in [-0.3, -0.25) is 9.59 Å². The fourth-order valence-corrected chi connectivity index (χ4v) is 4.27. The number of nitrogens with one attached hydrogen (secondary N) is 2. The van der Waals surface area contributed by atoms with Crippen LogP contribution >= 0.6 is 11.8 Å². The Labute approximate surface area is 159 Å². The summed E-state index contributed by atoms with van der Waals surface area (Å²) in [7, 11) is 0. The van der Waals surface area contributed by atoms with Crippen molar-refractivity contribution in [1.82, 2.24) is 5.32 Å². The summed E-state index contributed by atoms with van der Waals surface area (Å²) < 4.78 is 37.1. The Balaban J connectivity index is 1.96. The molecule has 0 radical (unpaired) electrons. The standard InChI is InChI=1S/C18H20F3N3O2S/c19-18(20,21)17(26)24-13-5-3-6-14(10-13)27-11-12-4-1-2-7-15(12)16(25)23-9-8-22/h3,5-6,10,12,15H,1-2,4,7,9,11H2,(H,23,25)(H,24,26)/t12-,15+/m0/s1. The van der Waals surface area contributed by atoms with Crippen molar-refractivity contribution in [3.05, 3.63) is 24.3 Å². The topological polar surface area (TPSA) is 82.0 Å². The second kappa shape index (κ2) is 9.65. The highest BCUT2D eigenvalue weighted by Gasteiger charge is 2.38. The molecule has 1 aromatic rings. The predicted molar refractivity (Wildman–Crippen MR) is 95.9 cm³/mol. The molecule has 0 unspecified atom stereocenters. The Morgan fingerprint density at radius 1 is 1.26 bits per heavy atom. The second-order valence-corrected chi connectivity index (χ2v) is 7.41. The zero-order valence-electron chi connectivity index (χ0n) is 14.5. The van der Waals surface area contributed by atoms with E-state index >= 15 is 0 Å². The summed E-state index contributed by atoms with van der Waals surface area (Å²) in [6, 6.07) is 8.10. The number of rotatable bonds is 6. The molecule has 27 heavy (non-hydrogen) atoms. The van der Waals surface area contributed by atoms with E-state index in [2.05, 4.69) is 5.32 Å². The first kappa shape index (κ1) is 21.1. The van der Waals surface area contributed by atoms with Crippen molar-refractivity contribution in [3.63, 3.8) is 0 Å². The van der Waals surface area contributed by atoms with Crippen molar-refractivity contribution in [1.29, 1.82) is 5.26 Å². The summed E-state index contributed by atoms with van der Waals surface area (Å²) in [6.45, 7) is -0.0177. The fourth-order valence-electron chi connectivity index (χ4n) is 3.08. The number of hydrogen-bond donors (Lipinski definition) is 2. The van der Waals surface area contributed by atoms with Crippen molar-refractivity contribution < 1.29 is 22.8 Å². The summed E-state index contributed by atoms with van der Waals surface area (Å²) >= 11 is 1.44. The van der Waals surface area contributed by atoms with Crippen molar-refractivity contribution in [3.8, 4) is 6.07 Å². The maximum Gasteiger partial charge on any atom is 0.471 e. The third-order valence-corrected chi connectivity index (χ3v) is 5.58. The smallest absolute Gasteiger partial charge is 0.343 e. The van der Waals surface area contributed by atoms with Crippen LogP contribution in [0.3, 0.4) is 0 Å². The minimum Gasteiger partial charge on any atom is -0.343 e. The number of anilines is 1. The lowest BCUT2D eigenvalue weighted by Gasteiger charge is -2.30. The molecule has 1 saturated carbocycles. The number of nitriles is 1. The summed E-state index contributed by atoms with van der Waals surface area (Å²) in [5, 5.41) is 13.1. The maximum atomic E-state index is 12.4. The predicted octanol–water partition coefficient (Wildman–Crippen LogP) is 3.73. The van der Waals surface area contributed by atoms with E-state index in [1.165, 1.54) is 23.9 Å². The van der Waals surface area contributed by atoms with Crippen LogP contribution in [0.25, 0.3) is 0 Å². The Hall–Kier alpha value is -2.21. The van der Waals surface area contributed by atoms with E-state index in [1.807, 2.05) is 11.4 Å². The molecule has 2 atom stereocenters. The second-order valence-electron chi connectivity index (χ2n) is 6.32. The van der Waals surface area contributed by atoms with Gasteiger partial charge < -0.3 is 10.6 Å². The van der Waals surface area contributed by atoms with Crippen LogP contribution in [0.15, 0.2) is 29.2 Å². The van der Waals surface area contributed by atoms with Gasteiger partial charge >= 0.3 is 12.1 Å². The van der Waals surface area contributed by atoms with Crippen LogP contribution < -0.4 is 10.6 Å².